The Kier molecular flexibility index (Phi) is 4.88. The topological polar surface area (TPSA) is 41.6 Å². The van der Waals surface area contributed by atoms with Gasteiger partial charge in [0.1, 0.15) is 0 Å². The third-order valence-electron chi connectivity index (χ3n) is 5.25. The summed E-state index contributed by atoms with van der Waals surface area (Å²) in [5, 5.41) is 7.56. The van der Waals surface area contributed by atoms with E-state index < -0.39 is 0 Å². The van der Waals surface area contributed by atoms with Gasteiger partial charge in [-0.1, -0.05) is 18.2 Å². The molecule has 2 aromatic rings. The summed E-state index contributed by atoms with van der Waals surface area (Å²) in [6, 6.07) is 11.9. The summed E-state index contributed by atoms with van der Waals surface area (Å²) in [5.74, 6) is 0.0239. The second-order valence-electron chi connectivity index (χ2n) is 7.15. The predicted octanol–water partition coefficient (Wildman–Crippen LogP) is 3.30. The summed E-state index contributed by atoms with van der Waals surface area (Å²) < 4.78 is 6.20. The van der Waals surface area contributed by atoms with Crippen molar-refractivity contribution in [1.29, 1.82) is 0 Å². The zero-order valence-electron chi connectivity index (χ0n) is 14.3. The van der Waals surface area contributed by atoms with Crippen molar-refractivity contribution in [3.63, 3.8) is 0 Å². The molecule has 132 valence electrons. The first kappa shape index (κ1) is 16.8. The van der Waals surface area contributed by atoms with Crippen LogP contribution in [0.2, 0.25) is 0 Å². The third kappa shape index (κ3) is 3.94. The van der Waals surface area contributed by atoms with Gasteiger partial charge in [0, 0.05) is 37.8 Å². The first-order valence-electron chi connectivity index (χ1n) is 8.96. The van der Waals surface area contributed by atoms with Crippen molar-refractivity contribution in [2.75, 3.05) is 19.7 Å². The van der Waals surface area contributed by atoms with Gasteiger partial charge in [0.25, 0.3) is 5.91 Å². The van der Waals surface area contributed by atoms with Crippen molar-refractivity contribution >= 4 is 17.2 Å². The van der Waals surface area contributed by atoms with Crippen LogP contribution in [0.3, 0.4) is 0 Å². The summed E-state index contributed by atoms with van der Waals surface area (Å²) in [5.41, 5.74) is 2.02. The Morgan fingerprint density at radius 3 is 3.00 bits per heavy atom. The number of nitrogens with zero attached hydrogens (tertiary/aromatic N) is 1. The van der Waals surface area contributed by atoms with Gasteiger partial charge in [0.15, 0.2) is 0 Å². The molecule has 1 aromatic heterocycles. The van der Waals surface area contributed by atoms with Crippen LogP contribution < -0.4 is 5.32 Å². The second-order valence-corrected chi connectivity index (χ2v) is 7.93. The zero-order valence-corrected chi connectivity index (χ0v) is 15.1. The molecule has 1 amide bonds. The van der Waals surface area contributed by atoms with Crippen molar-refractivity contribution in [2.45, 2.75) is 37.5 Å². The number of likely N-dealkylation sites (tertiary alicyclic amines) is 1. The molecule has 3 heterocycles. The Labute approximate surface area is 152 Å². The molecule has 1 spiro atoms. The fourth-order valence-electron chi connectivity index (χ4n) is 4.00. The number of amides is 1. The zero-order chi connectivity index (χ0) is 17.1. The maximum atomic E-state index is 12.4. The number of rotatable bonds is 4. The van der Waals surface area contributed by atoms with E-state index in [1.165, 1.54) is 5.56 Å². The quantitative estimate of drug-likeness (QED) is 0.914. The first-order chi connectivity index (χ1) is 12.2. The molecule has 1 N–H and O–H groups in total. The number of benzene rings is 1. The standard InChI is InChI=1S/C20H24N2O2S/c23-19(17-4-2-1-3-5-17)21-18-6-10-24-20(12-18)8-9-22(15-20)13-16-7-11-25-14-16/h1-5,7,11,14,18H,6,8-10,12-13,15H2,(H,21,23)/t18-,20-/m0/s1. The SMILES string of the molecule is O=C(N[C@H]1CCO[C@@]2(CCN(Cc3ccsc3)C2)C1)c1ccccc1. The largest absolute Gasteiger partial charge is 0.373 e. The van der Waals surface area contributed by atoms with E-state index in [2.05, 4.69) is 27.0 Å². The monoisotopic (exact) mass is 356 g/mol. The summed E-state index contributed by atoms with van der Waals surface area (Å²) in [6.45, 7) is 3.75. The van der Waals surface area contributed by atoms with E-state index in [1.807, 2.05) is 30.3 Å². The summed E-state index contributed by atoms with van der Waals surface area (Å²) in [4.78, 5) is 14.9. The van der Waals surface area contributed by atoms with Crippen molar-refractivity contribution < 1.29 is 9.53 Å². The average molecular weight is 356 g/mol. The van der Waals surface area contributed by atoms with Gasteiger partial charge < -0.3 is 10.1 Å². The molecule has 0 unspecified atom stereocenters. The van der Waals surface area contributed by atoms with Gasteiger partial charge in [-0.2, -0.15) is 11.3 Å². The van der Waals surface area contributed by atoms with E-state index in [0.717, 1.165) is 51.1 Å². The minimum atomic E-state index is -0.0943. The summed E-state index contributed by atoms with van der Waals surface area (Å²) in [6.07, 6.45) is 2.85. The van der Waals surface area contributed by atoms with Gasteiger partial charge in [-0.05, 0) is 53.8 Å². The van der Waals surface area contributed by atoms with E-state index in [0.29, 0.717) is 0 Å². The number of hydrogen-bond donors (Lipinski definition) is 1. The summed E-state index contributed by atoms with van der Waals surface area (Å²) in [7, 11) is 0. The highest BCUT2D eigenvalue weighted by Gasteiger charge is 2.43. The highest BCUT2D eigenvalue weighted by atomic mass is 32.1. The maximum Gasteiger partial charge on any atom is 0.251 e. The van der Waals surface area contributed by atoms with Crippen molar-refractivity contribution in [3.8, 4) is 0 Å². The van der Waals surface area contributed by atoms with E-state index in [4.69, 9.17) is 4.74 Å². The van der Waals surface area contributed by atoms with Crippen LogP contribution >= 0.6 is 11.3 Å². The molecule has 2 atom stereocenters. The van der Waals surface area contributed by atoms with Crippen LogP contribution in [-0.2, 0) is 11.3 Å². The first-order valence-corrected chi connectivity index (χ1v) is 9.90. The molecule has 0 radical (unpaired) electrons. The molecule has 25 heavy (non-hydrogen) atoms. The Morgan fingerprint density at radius 2 is 2.20 bits per heavy atom. The molecule has 4 rings (SSSR count). The third-order valence-corrected chi connectivity index (χ3v) is 5.98. The average Bonchev–Trinajstić information content (AvgIpc) is 3.27. The lowest BCUT2D eigenvalue weighted by Gasteiger charge is -2.38. The van der Waals surface area contributed by atoms with Crippen LogP contribution in [-0.4, -0.2) is 42.1 Å². The van der Waals surface area contributed by atoms with Gasteiger partial charge >= 0.3 is 0 Å². The number of carbonyl (C=O) groups excluding carboxylic acids is 1. The van der Waals surface area contributed by atoms with Crippen molar-refractivity contribution in [1.82, 2.24) is 10.2 Å². The number of carbonyl (C=O) groups is 1. The highest BCUT2D eigenvalue weighted by Crippen LogP contribution is 2.35. The van der Waals surface area contributed by atoms with Gasteiger partial charge in [-0.15, -0.1) is 0 Å². The molecule has 2 saturated heterocycles. The lowest BCUT2D eigenvalue weighted by Crippen LogP contribution is -2.49. The fraction of sp³-hybridized carbons (Fsp3) is 0.450. The molecule has 0 bridgehead atoms. The maximum absolute atomic E-state index is 12.4. The molecule has 5 heteroatoms. The molecule has 0 aliphatic carbocycles. The van der Waals surface area contributed by atoms with Crippen LogP contribution in [0, 0.1) is 0 Å². The van der Waals surface area contributed by atoms with Gasteiger partial charge in [-0.3, -0.25) is 9.69 Å². The normalized spacial score (nSPS) is 26.8. The predicted molar refractivity (Wildman–Crippen MR) is 99.8 cm³/mol. The Balaban J connectivity index is 1.35. The molecule has 2 fully saturated rings. The molecular weight excluding hydrogens is 332 g/mol. The van der Waals surface area contributed by atoms with Crippen LogP contribution in [0.25, 0.3) is 0 Å². The highest BCUT2D eigenvalue weighted by molar-refractivity contribution is 7.07. The minimum absolute atomic E-state index is 0.0239. The molecule has 0 saturated carbocycles. The van der Waals surface area contributed by atoms with Gasteiger partial charge in [-0.25, -0.2) is 0 Å². The van der Waals surface area contributed by atoms with E-state index in [-0.39, 0.29) is 17.6 Å². The molecule has 4 nitrogen and oxygen atoms in total. The molecule has 2 aliphatic rings. The number of nitrogens with one attached hydrogen (secondary N) is 1. The number of ether oxygens (including phenoxy) is 1. The van der Waals surface area contributed by atoms with E-state index in [9.17, 15) is 4.79 Å². The van der Waals surface area contributed by atoms with Crippen molar-refractivity contribution in [2.24, 2.45) is 0 Å². The second kappa shape index (κ2) is 7.28. The number of hydrogen-bond acceptors (Lipinski definition) is 4. The Hall–Kier alpha value is -1.69. The molecular formula is C20H24N2O2S. The minimum Gasteiger partial charge on any atom is -0.373 e. The van der Waals surface area contributed by atoms with Crippen LogP contribution in [0.5, 0.6) is 0 Å². The van der Waals surface area contributed by atoms with E-state index in [1.54, 1.807) is 11.3 Å². The summed E-state index contributed by atoms with van der Waals surface area (Å²) >= 11 is 1.75. The van der Waals surface area contributed by atoms with Crippen LogP contribution in [0.15, 0.2) is 47.2 Å². The lowest BCUT2D eigenvalue weighted by molar-refractivity contribution is -0.0793. The Bertz CT molecular complexity index is 704. The van der Waals surface area contributed by atoms with E-state index >= 15 is 0 Å². The molecule has 2 aliphatic heterocycles. The van der Waals surface area contributed by atoms with Gasteiger partial charge in [0.05, 0.1) is 5.60 Å². The van der Waals surface area contributed by atoms with Gasteiger partial charge in [0.2, 0.25) is 0 Å². The smallest absolute Gasteiger partial charge is 0.251 e. The van der Waals surface area contributed by atoms with Crippen LogP contribution in [0.1, 0.15) is 35.2 Å². The Morgan fingerprint density at radius 1 is 1.32 bits per heavy atom. The number of thiophene rings is 1. The lowest BCUT2D eigenvalue weighted by atomic mass is 9.89. The molecule has 1 aromatic carbocycles. The fourth-order valence-corrected chi connectivity index (χ4v) is 4.66. The van der Waals surface area contributed by atoms with Crippen molar-refractivity contribution in [3.05, 3.63) is 58.3 Å². The van der Waals surface area contributed by atoms with Crippen LogP contribution in [0.4, 0.5) is 0 Å².